The summed E-state index contributed by atoms with van der Waals surface area (Å²) in [5, 5.41) is 5.04. The number of hydrogen-bond donors (Lipinski definition) is 0. The zero-order valence-electron chi connectivity index (χ0n) is 33.0. The average molecular weight is 761 g/mol. The van der Waals surface area contributed by atoms with E-state index in [-0.39, 0.29) is 5.41 Å². The Labute approximate surface area is 345 Å². The summed E-state index contributed by atoms with van der Waals surface area (Å²) in [5.74, 6) is 2.83. The van der Waals surface area contributed by atoms with Crippen LogP contribution in [0.4, 0.5) is 34.1 Å². The number of furan rings is 1. The number of anilines is 6. The maximum absolute atomic E-state index is 7.41. The first-order valence-corrected chi connectivity index (χ1v) is 21.6. The summed E-state index contributed by atoms with van der Waals surface area (Å²) < 4.78 is 7.41. The molecule has 4 bridgehead atoms. The van der Waals surface area contributed by atoms with Gasteiger partial charge in [-0.25, -0.2) is 0 Å². The third-order valence-corrected chi connectivity index (χ3v) is 14.8. The van der Waals surface area contributed by atoms with Crippen molar-refractivity contribution in [2.75, 3.05) is 9.80 Å². The third-order valence-electron chi connectivity index (χ3n) is 14.8. The molecule has 0 unspecified atom stereocenters. The van der Waals surface area contributed by atoms with E-state index >= 15 is 0 Å². The molecule has 5 aliphatic rings. The van der Waals surface area contributed by atoms with Crippen LogP contribution in [-0.4, -0.2) is 0 Å². The van der Waals surface area contributed by atoms with Crippen LogP contribution in [0.3, 0.4) is 0 Å². The lowest BCUT2D eigenvalue weighted by Gasteiger charge is -2.61. The Bertz CT molecular complexity index is 2950. The molecule has 4 saturated carbocycles. The van der Waals surface area contributed by atoms with Gasteiger partial charge in [0.2, 0.25) is 0 Å². The second-order valence-corrected chi connectivity index (χ2v) is 17.7. The van der Waals surface area contributed by atoms with Gasteiger partial charge in [0.05, 0.1) is 5.69 Å². The zero-order chi connectivity index (χ0) is 38.7. The van der Waals surface area contributed by atoms with Gasteiger partial charge in [0.1, 0.15) is 11.2 Å². The Morgan fingerprint density at radius 2 is 0.932 bits per heavy atom. The molecule has 9 aromatic rings. The van der Waals surface area contributed by atoms with Gasteiger partial charge in [-0.05, 0) is 151 Å². The molecule has 3 nitrogen and oxygen atoms in total. The largest absolute Gasteiger partial charge is 0.456 e. The molecule has 1 spiro atoms. The predicted octanol–water partition coefficient (Wildman–Crippen LogP) is 15.4. The molecule has 1 aromatic heterocycles. The van der Waals surface area contributed by atoms with Gasteiger partial charge in [-0.3, -0.25) is 0 Å². The number of hydrogen-bond acceptors (Lipinski definition) is 3. The lowest BCUT2D eigenvalue weighted by atomic mass is 9.43. The van der Waals surface area contributed by atoms with Gasteiger partial charge in [0, 0.05) is 61.6 Å². The minimum Gasteiger partial charge on any atom is -0.456 e. The second kappa shape index (κ2) is 12.7. The van der Waals surface area contributed by atoms with Gasteiger partial charge >= 0.3 is 0 Å². The van der Waals surface area contributed by atoms with Crippen LogP contribution in [0.15, 0.2) is 186 Å². The van der Waals surface area contributed by atoms with E-state index in [1.807, 2.05) is 0 Å². The molecule has 5 aliphatic carbocycles. The Morgan fingerprint density at radius 1 is 0.424 bits per heavy atom. The molecule has 14 rings (SSSR count). The Hall–Kier alpha value is -6.58. The summed E-state index contributed by atoms with van der Waals surface area (Å²) in [6.45, 7) is 0. The van der Waals surface area contributed by atoms with Crippen LogP contribution in [0.5, 0.6) is 0 Å². The zero-order valence-corrected chi connectivity index (χ0v) is 33.0. The quantitative estimate of drug-likeness (QED) is 0.168. The molecule has 3 heteroatoms. The van der Waals surface area contributed by atoms with E-state index in [4.69, 9.17) is 4.42 Å². The first-order chi connectivity index (χ1) is 29.2. The van der Waals surface area contributed by atoms with Gasteiger partial charge in [0.25, 0.3) is 0 Å². The van der Waals surface area contributed by atoms with E-state index in [0.29, 0.717) is 11.8 Å². The van der Waals surface area contributed by atoms with Crippen molar-refractivity contribution < 1.29 is 4.42 Å². The fraction of sp³-hybridized carbons (Fsp3) is 0.179. The van der Waals surface area contributed by atoms with Crippen molar-refractivity contribution in [2.45, 2.75) is 37.5 Å². The highest BCUT2D eigenvalue weighted by atomic mass is 16.3. The lowest BCUT2D eigenvalue weighted by Crippen LogP contribution is -2.55. The SMILES string of the molecule is c1ccc(N(c2ccccc2)c2ccc3c(c2)oc2c4c(ccc23)-c2c(cc(N(c3ccccc3)c3ccccc3)c3ccccc23)C42C3CC4CC(C3)CC2C4)cc1. The van der Waals surface area contributed by atoms with Crippen molar-refractivity contribution >= 4 is 66.8 Å². The second-order valence-electron chi connectivity index (χ2n) is 17.7. The van der Waals surface area contributed by atoms with E-state index < -0.39 is 0 Å². The minimum atomic E-state index is -0.119. The predicted molar refractivity (Wildman–Crippen MR) is 244 cm³/mol. The molecule has 0 aliphatic heterocycles. The van der Waals surface area contributed by atoms with E-state index in [9.17, 15) is 0 Å². The van der Waals surface area contributed by atoms with Crippen molar-refractivity contribution in [3.63, 3.8) is 0 Å². The molecule has 4 fully saturated rings. The third kappa shape index (κ3) is 4.76. The summed E-state index contributed by atoms with van der Waals surface area (Å²) in [4.78, 5) is 4.84. The molecular weight excluding hydrogens is 717 g/mol. The monoisotopic (exact) mass is 760 g/mol. The maximum atomic E-state index is 7.41. The smallest absolute Gasteiger partial charge is 0.140 e. The molecule has 0 radical (unpaired) electrons. The van der Waals surface area contributed by atoms with Crippen LogP contribution in [0.2, 0.25) is 0 Å². The molecular formula is C56H44N2O. The van der Waals surface area contributed by atoms with Crippen LogP contribution < -0.4 is 9.80 Å². The number of nitrogens with zero attached hydrogens (tertiary/aromatic N) is 2. The summed E-state index contributed by atoms with van der Waals surface area (Å²) in [6, 6.07) is 66.8. The minimum absolute atomic E-state index is 0.119. The standard InChI is InChI=1S/C56H44N2O/c1-5-15-40(16-6-1)57(41-17-7-2-8-18-41)44-25-26-46-48-27-28-49-53-47-24-14-13-23-45(47)51(58(42-19-9-3-10-20-42)43-21-11-4-12-22-43)35-50(53)56(54(49)55(48)59-52(46)34-44)38-30-36-29-37(32-38)33-39(56)31-36/h1-28,34-39H,29-33H2. The molecule has 0 amide bonds. The molecule has 8 aromatic carbocycles. The van der Waals surface area contributed by atoms with Crippen molar-refractivity contribution in [3.05, 3.63) is 193 Å². The number of para-hydroxylation sites is 4. The highest BCUT2D eigenvalue weighted by molar-refractivity contribution is 6.15. The highest BCUT2D eigenvalue weighted by Gasteiger charge is 2.63. The van der Waals surface area contributed by atoms with Gasteiger partial charge < -0.3 is 14.2 Å². The van der Waals surface area contributed by atoms with Crippen molar-refractivity contribution in [1.82, 2.24) is 0 Å². The van der Waals surface area contributed by atoms with Crippen LogP contribution >= 0.6 is 0 Å². The lowest BCUT2D eigenvalue weighted by molar-refractivity contribution is -0.0396. The molecule has 1 heterocycles. The Morgan fingerprint density at radius 3 is 1.51 bits per heavy atom. The highest BCUT2D eigenvalue weighted by Crippen LogP contribution is 2.71. The van der Waals surface area contributed by atoms with Crippen molar-refractivity contribution in [1.29, 1.82) is 0 Å². The Kier molecular flexibility index (Phi) is 7.19. The van der Waals surface area contributed by atoms with E-state index in [2.05, 4.69) is 192 Å². The molecule has 0 N–H and O–H groups in total. The van der Waals surface area contributed by atoms with Crippen molar-refractivity contribution in [2.24, 2.45) is 23.7 Å². The van der Waals surface area contributed by atoms with Gasteiger partial charge in [-0.1, -0.05) is 103 Å². The van der Waals surface area contributed by atoms with Crippen LogP contribution in [0.1, 0.15) is 43.2 Å². The molecule has 59 heavy (non-hydrogen) atoms. The van der Waals surface area contributed by atoms with Crippen LogP contribution in [0.25, 0.3) is 43.8 Å². The molecule has 0 atom stereocenters. The molecule has 284 valence electrons. The molecule has 0 saturated heterocycles. The van der Waals surface area contributed by atoms with Gasteiger partial charge in [-0.2, -0.15) is 0 Å². The number of rotatable bonds is 6. The fourth-order valence-corrected chi connectivity index (χ4v) is 12.8. The van der Waals surface area contributed by atoms with E-state index in [1.54, 1.807) is 0 Å². The fourth-order valence-electron chi connectivity index (χ4n) is 12.8. The topological polar surface area (TPSA) is 19.6 Å². The van der Waals surface area contributed by atoms with Crippen molar-refractivity contribution in [3.8, 4) is 11.1 Å². The Balaban J connectivity index is 1.08. The maximum Gasteiger partial charge on any atom is 0.140 e. The summed E-state index contributed by atoms with van der Waals surface area (Å²) in [6.07, 6.45) is 6.63. The summed E-state index contributed by atoms with van der Waals surface area (Å²) in [5.41, 5.74) is 14.7. The average Bonchev–Trinajstić information content (AvgIpc) is 3.80. The normalized spacial score (nSPS) is 22.3. The van der Waals surface area contributed by atoms with Crippen LogP contribution in [0, 0.1) is 23.7 Å². The van der Waals surface area contributed by atoms with Gasteiger partial charge in [0.15, 0.2) is 0 Å². The van der Waals surface area contributed by atoms with E-state index in [1.165, 1.54) is 93.0 Å². The first-order valence-electron chi connectivity index (χ1n) is 21.6. The van der Waals surface area contributed by atoms with E-state index in [0.717, 1.165) is 40.1 Å². The number of fused-ring (bicyclic) bond motifs is 9. The summed E-state index contributed by atoms with van der Waals surface area (Å²) >= 11 is 0. The van der Waals surface area contributed by atoms with Gasteiger partial charge in [-0.15, -0.1) is 0 Å². The van der Waals surface area contributed by atoms with Crippen LogP contribution in [-0.2, 0) is 5.41 Å². The number of benzene rings is 8. The summed E-state index contributed by atoms with van der Waals surface area (Å²) in [7, 11) is 0. The first kappa shape index (κ1) is 33.4.